The molecule has 0 atom stereocenters. The Hall–Kier alpha value is -2.51. The van der Waals surface area contributed by atoms with Gasteiger partial charge < -0.3 is 0 Å². The molecule has 1 heteroatoms. The van der Waals surface area contributed by atoms with Crippen molar-refractivity contribution in [3.05, 3.63) is 70.3 Å². The molecular weight excluding hydrogens is 266 g/mol. The van der Waals surface area contributed by atoms with Crippen molar-refractivity contribution in [3.63, 3.8) is 0 Å². The summed E-state index contributed by atoms with van der Waals surface area (Å²) in [5.74, 6) is 6.28. The largest absolute Gasteiger partial charge is 0.192 e. The van der Waals surface area contributed by atoms with Gasteiger partial charge in [0, 0.05) is 11.1 Å². The van der Waals surface area contributed by atoms with Crippen LogP contribution in [-0.2, 0) is 12.8 Å². The van der Waals surface area contributed by atoms with Crippen LogP contribution in [0.4, 0.5) is 0 Å². The molecule has 0 amide bonds. The highest BCUT2D eigenvalue weighted by Crippen LogP contribution is 2.12. The van der Waals surface area contributed by atoms with E-state index in [4.69, 9.17) is 0 Å². The van der Waals surface area contributed by atoms with Gasteiger partial charge in [-0.25, -0.2) is 0 Å². The Morgan fingerprint density at radius 3 is 2.05 bits per heavy atom. The molecule has 0 saturated carbocycles. The summed E-state index contributed by atoms with van der Waals surface area (Å²) in [5, 5.41) is 9.29. The van der Waals surface area contributed by atoms with Crippen LogP contribution in [0.3, 0.4) is 0 Å². The van der Waals surface area contributed by atoms with Gasteiger partial charge in [0.1, 0.15) is 6.07 Å². The molecule has 110 valence electrons. The molecule has 1 nitrogen and oxygen atoms in total. The normalized spacial score (nSPS) is 9.68. The molecular formula is C21H21N. The first-order valence-corrected chi connectivity index (χ1v) is 7.90. The minimum Gasteiger partial charge on any atom is -0.192 e. The van der Waals surface area contributed by atoms with Gasteiger partial charge in [0.05, 0.1) is 5.56 Å². The highest BCUT2D eigenvalue weighted by atomic mass is 14.2. The highest BCUT2D eigenvalue weighted by molar-refractivity contribution is 5.52. The van der Waals surface area contributed by atoms with Crippen molar-refractivity contribution >= 4 is 0 Å². The van der Waals surface area contributed by atoms with E-state index in [2.05, 4.69) is 62.1 Å². The first-order valence-electron chi connectivity index (χ1n) is 7.90. The Bertz CT molecular complexity index is 721. The van der Waals surface area contributed by atoms with Crippen LogP contribution in [-0.4, -0.2) is 0 Å². The lowest BCUT2D eigenvalue weighted by Crippen LogP contribution is -1.89. The summed E-state index contributed by atoms with van der Waals surface area (Å²) in [6, 6.07) is 16.6. The third kappa shape index (κ3) is 4.24. The van der Waals surface area contributed by atoms with Gasteiger partial charge in [-0.15, -0.1) is 0 Å². The van der Waals surface area contributed by atoms with Crippen molar-refractivity contribution in [3.8, 4) is 17.9 Å². The second-order valence-electron chi connectivity index (χ2n) is 5.44. The quantitative estimate of drug-likeness (QED) is 0.736. The van der Waals surface area contributed by atoms with Crippen molar-refractivity contribution in [2.75, 3.05) is 0 Å². The fourth-order valence-corrected chi connectivity index (χ4v) is 2.42. The molecule has 0 aromatic heterocycles. The monoisotopic (exact) mass is 287 g/mol. The van der Waals surface area contributed by atoms with E-state index in [9.17, 15) is 5.26 Å². The topological polar surface area (TPSA) is 23.8 Å². The van der Waals surface area contributed by atoms with Crippen molar-refractivity contribution in [1.82, 2.24) is 0 Å². The van der Waals surface area contributed by atoms with Crippen molar-refractivity contribution in [1.29, 1.82) is 5.26 Å². The molecule has 0 saturated heterocycles. The Labute approximate surface area is 133 Å². The number of nitrogens with zero attached hydrogens (tertiary/aromatic N) is 1. The maximum absolute atomic E-state index is 9.29. The van der Waals surface area contributed by atoms with Gasteiger partial charge in [-0.3, -0.25) is 0 Å². The van der Waals surface area contributed by atoms with Gasteiger partial charge in [0.15, 0.2) is 0 Å². The summed E-state index contributed by atoms with van der Waals surface area (Å²) in [7, 11) is 0. The van der Waals surface area contributed by atoms with Gasteiger partial charge >= 0.3 is 0 Å². The Morgan fingerprint density at radius 1 is 0.773 bits per heavy atom. The molecule has 0 N–H and O–H groups in total. The second kappa shape index (κ2) is 8.06. The predicted molar refractivity (Wildman–Crippen MR) is 91.6 cm³/mol. The van der Waals surface area contributed by atoms with Crippen LogP contribution in [0.15, 0.2) is 42.5 Å². The smallest absolute Gasteiger partial charge is 0.100 e. The lowest BCUT2D eigenvalue weighted by atomic mass is 10.0. The van der Waals surface area contributed by atoms with E-state index in [0.717, 1.165) is 36.8 Å². The molecule has 0 aliphatic heterocycles. The summed E-state index contributed by atoms with van der Waals surface area (Å²) in [4.78, 5) is 0. The first-order chi connectivity index (χ1) is 10.8. The van der Waals surface area contributed by atoms with Crippen LogP contribution in [0.1, 0.15) is 54.5 Å². The molecule has 2 aromatic carbocycles. The molecule has 2 aromatic rings. The average molecular weight is 287 g/mol. The van der Waals surface area contributed by atoms with E-state index in [1.54, 1.807) is 0 Å². The maximum Gasteiger partial charge on any atom is 0.100 e. The zero-order chi connectivity index (χ0) is 15.8. The lowest BCUT2D eigenvalue weighted by molar-refractivity contribution is 0.921. The fourth-order valence-electron chi connectivity index (χ4n) is 2.42. The Morgan fingerprint density at radius 2 is 1.41 bits per heavy atom. The average Bonchev–Trinajstić information content (AvgIpc) is 2.55. The highest BCUT2D eigenvalue weighted by Gasteiger charge is 2.01. The lowest BCUT2D eigenvalue weighted by Gasteiger charge is -2.01. The number of hydrogen-bond donors (Lipinski definition) is 0. The molecule has 0 aliphatic rings. The summed E-state index contributed by atoms with van der Waals surface area (Å²) in [6.45, 7) is 4.32. The third-order valence-corrected chi connectivity index (χ3v) is 3.58. The summed E-state index contributed by atoms with van der Waals surface area (Å²) in [6.07, 6.45) is 4.34. The Kier molecular flexibility index (Phi) is 5.81. The summed E-state index contributed by atoms with van der Waals surface area (Å²) in [5.41, 5.74) is 5.01. The zero-order valence-electron chi connectivity index (χ0n) is 13.3. The van der Waals surface area contributed by atoms with Gasteiger partial charge in [-0.1, -0.05) is 56.7 Å². The minimum atomic E-state index is 0.668. The minimum absolute atomic E-state index is 0.668. The van der Waals surface area contributed by atoms with Crippen LogP contribution in [0.5, 0.6) is 0 Å². The maximum atomic E-state index is 9.29. The van der Waals surface area contributed by atoms with Crippen LogP contribution in [0.25, 0.3) is 0 Å². The standard InChI is InChI=1S/C21H21N/c1-3-5-17-7-9-18(10-8-17)11-13-20-14-12-19(6-4-2)15-21(20)16-22/h7-10,12,14-15H,3-6H2,1-2H3. The molecule has 0 heterocycles. The molecule has 0 aliphatic carbocycles. The van der Waals surface area contributed by atoms with Crippen LogP contribution in [0, 0.1) is 23.2 Å². The number of aryl methyl sites for hydroxylation is 2. The molecule has 0 radical (unpaired) electrons. The van der Waals surface area contributed by atoms with Crippen LogP contribution >= 0.6 is 0 Å². The van der Waals surface area contributed by atoms with Crippen molar-refractivity contribution in [2.45, 2.75) is 39.5 Å². The van der Waals surface area contributed by atoms with E-state index in [1.807, 2.05) is 12.1 Å². The molecule has 0 bridgehead atoms. The fraction of sp³-hybridized carbons (Fsp3) is 0.286. The Balaban J connectivity index is 2.22. The molecule has 0 fully saturated rings. The van der Waals surface area contributed by atoms with Crippen molar-refractivity contribution in [2.24, 2.45) is 0 Å². The van der Waals surface area contributed by atoms with Gasteiger partial charge in [0.2, 0.25) is 0 Å². The molecule has 22 heavy (non-hydrogen) atoms. The number of nitriles is 1. The number of hydrogen-bond acceptors (Lipinski definition) is 1. The van der Waals surface area contributed by atoms with Gasteiger partial charge in [-0.05, 0) is 48.2 Å². The zero-order valence-corrected chi connectivity index (χ0v) is 13.3. The number of benzene rings is 2. The molecule has 0 unspecified atom stereocenters. The summed E-state index contributed by atoms with van der Waals surface area (Å²) >= 11 is 0. The van der Waals surface area contributed by atoms with E-state index in [0.29, 0.717) is 5.56 Å². The molecule has 2 rings (SSSR count). The molecule has 0 spiro atoms. The third-order valence-electron chi connectivity index (χ3n) is 3.58. The van der Waals surface area contributed by atoms with Gasteiger partial charge in [0.25, 0.3) is 0 Å². The SMILES string of the molecule is CCCc1ccc(C#Cc2ccc(CCC)cc2C#N)cc1. The van der Waals surface area contributed by atoms with E-state index < -0.39 is 0 Å². The van der Waals surface area contributed by atoms with E-state index in [1.165, 1.54) is 11.1 Å². The first kappa shape index (κ1) is 15.9. The van der Waals surface area contributed by atoms with Crippen LogP contribution in [0.2, 0.25) is 0 Å². The van der Waals surface area contributed by atoms with E-state index in [-0.39, 0.29) is 0 Å². The van der Waals surface area contributed by atoms with Crippen molar-refractivity contribution < 1.29 is 0 Å². The summed E-state index contributed by atoms with van der Waals surface area (Å²) < 4.78 is 0. The van der Waals surface area contributed by atoms with Crippen LogP contribution < -0.4 is 0 Å². The predicted octanol–water partition coefficient (Wildman–Crippen LogP) is 4.86. The second-order valence-corrected chi connectivity index (χ2v) is 5.44. The van der Waals surface area contributed by atoms with Gasteiger partial charge in [-0.2, -0.15) is 5.26 Å². The number of rotatable bonds is 4. The van der Waals surface area contributed by atoms with E-state index >= 15 is 0 Å².